The van der Waals surface area contributed by atoms with E-state index in [0.717, 1.165) is 19.3 Å². The second-order valence-electron chi connectivity index (χ2n) is 2.90. The molecule has 0 aliphatic heterocycles. The first kappa shape index (κ1) is 9.19. The van der Waals surface area contributed by atoms with Crippen molar-refractivity contribution in [3.63, 3.8) is 0 Å². The fraction of sp³-hybridized carbons (Fsp3) is 0.750. The van der Waals surface area contributed by atoms with Gasteiger partial charge in [0.1, 0.15) is 12.4 Å². The predicted molar refractivity (Wildman–Crippen MR) is 45.5 cm³/mol. The fourth-order valence-electron chi connectivity index (χ4n) is 1.13. The van der Waals surface area contributed by atoms with E-state index >= 15 is 0 Å². The number of unbranched alkanes of at least 4 members (excludes halogenated alkanes) is 1. The Balaban J connectivity index is 2.52. The molecule has 1 aromatic rings. The number of aromatic nitrogens is 3. The number of hydrogen-bond acceptors (Lipinski definition) is 3. The van der Waals surface area contributed by atoms with Crippen molar-refractivity contribution in [2.24, 2.45) is 7.05 Å². The second-order valence-corrected chi connectivity index (χ2v) is 2.90. The summed E-state index contributed by atoms with van der Waals surface area (Å²) in [5.74, 6) is 0.656. The van der Waals surface area contributed by atoms with Crippen LogP contribution in [0.5, 0.6) is 0 Å². The largest absolute Gasteiger partial charge is 0.385 e. The highest BCUT2D eigenvalue weighted by atomic mass is 16.3. The number of nitrogens with zero attached hydrogens (tertiary/aromatic N) is 3. The summed E-state index contributed by atoms with van der Waals surface area (Å²) in [5, 5.41) is 13.5. The predicted octanol–water partition coefficient (Wildman–Crippen LogP) is 1.04. The smallest absolute Gasteiger partial charge is 0.155 e. The maximum Gasteiger partial charge on any atom is 0.155 e. The van der Waals surface area contributed by atoms with Crippen LogP contribution < -0.4 is 0 Å². The lowest BCUT2D eigenvalue weighted by Crippen LogP contribution is -2.06. The third-order valence-electron chi connectivity index (χ3n) is 1.88. The molecule has 0 saturated heterocycles. The highest BCUT2D eigenvalue weighted by Crippen LogP contribution is 2.15. The van der Waals surface area contributed by atoms with Crippen LogP contribution in [0.1, 0.15) is 38.1 Å². The van der Waals surface area contributed by atoms with Crippen molar-refractivity contribution in [2.75, 3.05) is 0 Å². The van der Waals surface area contributed by atoms with Gasteiger partial charge in [-0.2, -0.15) is 5.10 Å². The van der Waals surface area contributed by atoms with Crippen LogP contribution in [-0.4, -0.2) is 19.9 Å². The van der Waals surface area contributed by atoms with Crippen molar-refractivity contribution in [1.29, 1.82) is 0 Å². The maximum absolute atomic E-state index is 9.60. The molecule has 0 aliphatic carbocycles. The molecule has 0 fully saturated rings. The van der Waals surface area contributed by atoms with Crippen LogP contribution in [0.25, 0.3) is 0 Å². The van der Waals surface area contributed by atoms with Gasteiger partial charge < -0.3 is 5.11 Å². The Labute approximate surface area is 72.2 Å². The first-order chi connectivity index (χ1) is 5.75. The summed E-state index contributed by atoms with van der Waals surface area (Å²) in [4.78, 5) is 3.97. The number of aliphatic hydroxyl groups is 1. The van der Waals surface area contributed by atoms with Gasteiger partial charge in [0.25, 0.3) is 0 Å². The molecule has 1 N–H and O–H groups in total. The van der Waals surface area contributed by atoms with Gasteiger partial charge in [0.15, 0.2) is 5.82 Å². The van der Waals surface area contributed by atoms with Crippen molar-refractivity contribution >= 4 is 0 Å². The minimum Gasteiger partial charge on any atom is -0.385 e. The van der Waals surface area contributed by atoms with Crippen LogP contribution >= 0.6 is 0 Å². The fourth-order valence-corrected chi connectivity index (χ4v) is 1.13. The minimum absolute atomic E-state index is 0.461. The molecule has 1 rings (SSSR count). The van der Waals surface area contributed by atoms with E-state index in [-0.39, 0.29) is 0 Å². The average Bonchev–Trinajstić information content (AvgIpc) is 2.47. The summed E-state index contributed by atoms with van der Waals surface area (Å²) in [5.41, 5.74) is 0. The highest BCUT2D eigenvalue weighted by Gasteiger charge is 2.11. The van der Waals surface area contributed by atoms with Crippen molar-refractivity contribution in [3.05, 3.63) is 12.2 Å². The van der Waals surface area contributed by atoms with Crippen molar-refractivity contribution in [1.82, 2.24) is 14.8 Å². The summed E-state index contributed by atoms with van der Waals surface area (Å²) in [6.07, 6.45) is 3.88. The van der Waals surface area contributed by atoms with Crippen LogP contribution in [0.2, 0.25) is 0 Å². The third-order valence-corrected chi connectivity index (χ3v) is 1.88. The van der Waals surface area contributed by atoms with Crippen LogP contribution in [-0.2, 0) is 7.05 Å². The minimum atomic E-state index is -0.461. The lowest BCUT2D eigenvalue weighted by Gasteiger charge is -2.07. The van der Waals surface area contributed by atoms with E-state index in [9.17, 15) is 5.11 Å². The molecule has 1 atom stereocenters. The van der Waals surface area contributed by atoms with Crippen LogP contribution in [0.3, 0.4) is 0 Å². The monoisotopic (exact) mass is 169 g/mol. The van der Waals surface area contributed by atoms with E-state index in [0.29, 0.717) is 5.82 Å². The number of aryl methyl sites for hydroxylation is 1. The molecular formula is C8H15N3O. The molecule has 68 valence electrons. The molecule has 12 heavy (non-hydrogen) atoms. The quantitative estimate of drug-likeness (QED) is 0.732. The molecule has 0 aromatic carbocycles. The molecule has 0 amide bonds. The van der Waals surface area contributed by atoms with Crippen molar-refractivity contribution < 1.29 is 5.11 Å². The maximum atomic E-state index is 9.60. The number of hydrogen-bond donors (Lipinski definition) is 1. The highest BCUT2D eigenvalue weighted by molar-refractivity contribution is 4.88. The summed E-state index contributed by atoms with van der Waals surface area (Å²) in [6, 6.07) is 0. The van der Waals surface area contributed by atoms with Gasteiger partial charge in [-0.3, -0.25) is 4.68 Å². The SMILES string of the molecule is CCCCC(O)c1ncnn1C. The van der Waals surface area contributed by atoms with Gasteiger partial charge in [-0.1, -0.05) is 19.8 Å². The lowest BCUT2D eigenvalue weighted by molar-refractivity contribution is 0.150. The zero-order valence-corrected chi connectivity index (χ0v) is 7.56. The standard InChI is InChI=1S/C8H15N3O/c1-3-4-5-7(12)8-9-6-10-11(8)2/h6-7,12H,3-5H2,1-2H3. The Morgan fingerprint density at radius 3 is 2.92 bits per heavy atom. The molecule has 0 bridgehead atoms. The van der Waals surface area contributed by atoms with E-state index in [1.807, 2.05) is 0 Å². The van der Waals surface area contributed by atoms with Crippen molar-refractivity contribution in [2.45, 2.75) is 32.3 Å². The molecule has 0 spiro atoms. The summed E-state index contributed by atoms with van der Waals surface area (Å²) >= 11 is 0. The van der Waals surface area contributed by atoms with Gasteiger partial charge in [0.05, 0.1) is 0 Å². The van der Waals surface area contributed by atoms with Gasteiger partial charge in [-0.05, 0) is 6.42 Å². The normalized spacial score (nSPS) is 13.2. The van der Waals surface area contributed by atoms with Gasteiger partial charge in [-0.25, -0.2) is 4.98 Å². The zero-order valence-electron chi connectivity index (χ0n) is 7.56. The molecule has 4 heteroatoms. The van der Waals surface area contributed by atoms with Gasteiger partial charge in [-0.15, -0.1) is 0 Å². The van der Waals surface area contributed by atoms with E-state index < -0.39 is 6.10 Å². The third kappa shape index (κ3) is 2.04. The topological polar surface area (TPSA) is 50.9 Å². The molecular weight excluding hydrogens is 154 g/mol. The Bertz CT molecular complexity index is 234. The van der Waals surface area contributed by atoms with Crippen molar-refractivity contribution in [3.8, 4) is 0 Å². The zero-order chi connectivity index (χ0) is 8.97. The Morgan fingerprint density at radius 2 is 2.42 bits per heavy atom. The number of aliphatic hydroxyl groups excluding tert-OH is 1. The molecule has 0 aliphatic rings. The van der Waals surface area contributed by atoms with Crippen LogP contribution in [0.15, 0.2) is 6.33 Å². The average molecular weight is 169 g/mol. The first-order valence-corrected chi connectivity index (χ1v) is 4.27. The molecule has 1 aromatic heterocycles. The lowest BCUT2D eigenvalue weighted by atomic mass is 10.1. The molecule has 1 heterocycles. The Morgan fingerprint density at radius 1 is 1.67 bits per heavy atom. The molecule has 1 unspecified atom stereocenters. The summed E-state index contributed by atoms with van der Waals surface area (Å²) in [6.45, 7) is 2.10. The molecule has 0 radical (unpaired) electrons. The molecule has 4 nitrogen and oxygen atoms in total. The van der Waals surface area contributed by atoms with E-state index in [4.69, 9.17) is 0 Å². The summed E-state index contributed by atoms with van der Waals surface area (Å²) in [7, 11) is 1.79. The summed E-state index contributed by atoms with van der Waals surface area (Å²) < 4.78 is 1.61. The van der Waals surface area contributed by atoms with Crippen LogP contribution in [0.4, 0.5) is 0 Å². The molecule has 0 saturated carbocycles. The van der Waals surface area contributed by atoms with E-state index in [1.165, 1.54) is 6.33 Å². The van der Waals surface area contributed by atoms with Gasteiger partial charge in [0, 0.05) is 7.05 Å². The Kier molecular flexibility index (Phi) is 3.22. The Hall–Kier alpha value is -0.900. The van der Waals surface area contributed by atoms with Gasteiger partial charge >= 0.3 is 0 Å². The van der Waals surface area contributed by atoms with E-state index in [1.54, 1.807) is 11.7 Å². The number of rotatable bonds is 4. The first-order valence-electron chi connectivity index (χ1n) is 4.27. The second kappa shape index (κ2) is 4.21. The van der Waals surface area contributed by atoms with Crippen LogP contribution in [0, 0.1) is 0 Å². The van der Waals surface area contributed by atoms with Gasteiger partial charge in [0.2, 0.25) is 0 Å². The van der Waals surface area contributed by atoms with E-state index in [2.05, 4.69) is 17.0 Å².